The Balaban J connectivity index is 1.77. The zero-order valence-corrected chi connectivity index (χ0v) is 15.6. The number of fused-ring (bicyclic) bond motifs is 1. The molecule has 2 aromatic rings. The third kappa shape index (κ3) is 4.16. The van der Waals surface area contributed by atoms with Gasteiger partial charge in [0.25, 0.3) is 5.56 Å². The lowest BCUT2D eigenvalue weighted by molar-refractivity contribution is -0.120. The SMILES string of the molecule is C=CCn1c(SC(C)C(=O)NCC2CCCO2)nc2ccccc2c1=O. The van der Waals surface area contributed by atoms with Crippen molar-refractivity contribution in [1.29, 1.82) is 0 Å². The molecule has 1 N–H and O–H groups in total. The van der Waals surface area contributed by atoms with Gasteiger partial charge in [0.15, 0.2) is 5.16 Å². The van der Waals surface area contributed by atoms with Gasteiger partial charge in [-0.25, -0.2) is 4.98 Å². The highest BCUT2D eigenvalue weighted by molar-refractivity contribution is 8.00. The summed E-state index contributed by atoms with van der Waals surface area (Å²) < 4.78 is 7.09. The Morgan fingerprint density at radius 2 is 2.35 bits per heavy atom. The third-order valence-corrected chi connectivity index (χ3v) is 5.41. The van der Waals surface area contributed by atoms with Crippen molar-refractivity contribution in [2.75, 3.05) is 13.2 Å². The van der Waals surface area contributed by atoms with E-state index in [0.29, 0.717) is 29.1 Å². The van der Waals surface area contributed by atoms with E-state index in [1.165, 1.54) is 11.8 Å². The van der Waals surface area contributed by atoms with Crippen molar-refractivity contribution in [3.05, 3.63) is 47.3 Å². The molecular formula is C19H23N3O3S. The zero-order chi connectivity index (χ0) is 18.5. The van der Waals surface area contributed by atoms with Gasteiger partial charge >= 0.3 is 0 Å². The van der Waals surface area contributed by atoms with Crippen molar-refractivity contribution in [3.63, 3.8) is 0 Å². The lowest BCUT2D eigenvalue weighted by Crippen LogP contribution is -2.37. The molecule has 6 nitrogen and oxygen atoms in total. The second kappa shape index (κ2) is 8.51. The lowest BCUT2D eigenvalue weighted by atomic mass is 10.2. The highest BCUT2D eigenvalue weighted by Crippen LogP contribution is 2.23. The third-order valence-electron chi connectivity index (χ3n) is 4.32. The van der Waals surface area contributed by atoms with E-state index >= 15 is 0 Å². The van der Waals surface area contributed by atoms with Crippen molar-refractivity contribution in [1.82, 2.24) is 14.9 Å². The van der Waals surface area contributed by atoms with Crippen LogP contribution < -0.4 is 10.9 Å². The Labute approximate surface area is 156 Å². The van der Waals surface area contributed by atoms with Crippen LogP contribution in [-0.2, 0) is 16.1 Å². The Morgan fingerprint density at radius 1 is 1.54 bits per heavy atom. The monoisotopic (exact) mass is 373 g/mol. The number of allylic oxidation sites excluding steroid dienone is 1. The number of ether oxygens (including phenoxy) is 1. The second-order valence-corrected chi connectivity index (χ2v) is 7.56. The second-order valence-electron chi connectivity index (χ2n) is 6.26. The smallest absolute Gasteiger partial charge is 0.262 e. The molecule has 26 heavy (non-hydrogen) atoms. The maximum Gasteiger partial charge on any atom is 0.262 e. The summed E-state index contributed by atoms with van der Waals surface area (Å²) in [5.74, 6) is -0.0851. The molecule has 138 valence electrons. The van der Waals surface area contributed by atoms with Gasteiger partial charge in [-0.3, -0.25) is 14.2 Å². The topological polar surface area (TPSA) is 73.2 Å². The summed E-state index contributed by atoms with van der Waals surface area (Å²) in [5, 5.41) is 3.64. The molecule has 1 aliphatic heterocycles. The molecule has 1 aliphatic rings. The maximum atomic E-state index is 12.7. The Morgan fingerprint density at radius 3 is 3.08 bits per heavy atom. The van der Waals surface area contributed by atoms with E-state index in [1.54, 1.807) is 22.8 Å². The Bertz CT molecular complexity index is 859. The van der Waals surface area contributed by atoms with Crippen molar-refractivity contribution in [2.24, 2.45) is 0 Å². The molecule has 0 aliphatic carbocycles. The van der Waals surface area contributed by atoms with Crippen LogP contribution in [0.5, 0.6) is 0 Å². The quantitative estimate of drug-likeness (QED) is 0.458. The van der Waals surface area contributed by atoms with Crippen LogP contribution in [0.4, 0.5) is 0 Å². The zero-order valence-electron chi connectivity index (χ0n) is 14.8. The highest BCUT2D eigenvalue weighted by Gasteiger charge is 2.21. The normalized spacial score (nSPS) is 18.0. The van der Waals surface area contributed by atoms with Crippen molar-refractivity contribution >= 4 is 28.6 Å². The predicted molar refractivity (Wildman–Crippen MR) is 104 cm³/mol. The van der Waals surface area contributed by atoms with Gasteiger partial charge in [-0.15, -0.1) is 6.58 Å². The molecule has 1 aromatic carbocycles. The molecular weight excluding hydrogens is 350 g/mol. The molecule has 2 heterocycles. The van der Waals surface area contributed by atoms with Crippen LogP contribution in [0.2, 0.25) is 0 Å². The first kappa shape index (κ1) is 18.7. The Hall–Kier alpha value is -2.12. The van der Waals surface area contributed by atoms with Gasteiger partial charge in [-0.2, -0.15) is 0 Å². The molecule has 1 amide bonds. The molecule has 1 saturated heterocycles. The fourth-order valence-corrected chi connectivity index (χ4v) is 3.85. The molecule has 0 bridgehead atoms. The van der Waals surface area contributed by atoms with Gasteiger partial charge in [-0.1, -0.05) is 30.0 Å². The number of hydrogen-bond acceptors (Lipinski definition) is 5. The summed E-state index contributed by atoms with van der Waals surface area (Å²) in [4.78, 5) is 29.7. The summed E-state index contributed by atoms with van der Waals surface area (Å²) >= 11 is 1.28. The number of nitrogens with zero attached hydrogens (tertiary/aromatic N) is 2. The first-order chi connectivity index (χ1) is 12.6. The van der Waals surface area contributed by atoms with Gasteiger partial charge in [0.05, 0.1) is 22.3 Å². The number of rotatable bonds is 7. The average molecular weight is 373 g/mol. The van der Waals surface area contributed by atoms with Crippen LogP contribution in [0.3, 0.4) is 0 Å². The fourth-order valence-electron chi connectivity index (χ4n) is 2.90. The number of thioether (sulfide) groups is 1. The fraction of sp³-hybridized carbons (Fsp3) is 0.421. The molecule has 7 heteroatoms. The largest absolute Gasteiger partial charge is 0.376 e. The van der Waals surface area contributed by atoms with Crippen LogP contribution in [0, 0.1) is 0 Å². The van der Waals surface area contributed by atoms with Gasteiger partial charge in [0, 0.05) is 19.7 Å². The summed E-state index contributed by atoms with van der Waals surface area (Å²) in [6, 6.07) is 7.23. The molecule has 0 radical (unpaired) electrons. The van der Waals surface area contributed by atoms with Crippen LogP contribution in [0.25, 0.3) is 10.9 Å². The highest BCUT2D eigenvalue weighted by atomic mass is 32.2. The van der Waals surface area contributed by atoms with Crippen molar-refractivity contribution in [2.45, 2.75) is 42.8 Å². The number of benzene rings is 1. The number of hydrogen-bond donors (Lipinski definition) is 1. The van der Waals surface area contributed by atoms with E-state index in [1.807, 2.05) is 19.1 Å². The first-order valence-corrected chi connectivity index (χ1v) is 9.64. The molecule has 0 spiro atoms. The van der Waals surface area contributed by atoms with Crippen LogP contribution in [0.15, 0.2) is 46.9 Å². The van der Waals surface area contributed by atoms with Gasteiger partial charge in [0.1, 0.15) is 0 Å². The number of para-hydroxylation sites is 1. The lowest BCUT2D eigenvalue weighted by Gasteiger charge is -2.16. The van der Waals surface area contributed by atoms with Gasteiger partial charge in [0.2, 0.25) is 5.91 Å². The van der Waals surface area contributed by atoms with Crippen molar-refractivity contribution < 1.29 is 9.53 Å². The minimum atomic E-state index is -0.375. The van der Waals surface area contributed by atoms with E-state index in [2.05, 4.69) is 16.9 Å². The summed E-state index contributed by atoms with van der Waals surface area (Å²) in [5.41, 5.74) is 0.511. The minimum absolute atomic E-state index is 0.0851. The Kier molecular flexibility index (Phi) is 6.11. The number of amides is 1. The molecule has 0 saturated carbocycles. The van der Waals surface area contributed by atoms with Gasteiger partial charge < -0.3 is 10.1 Å². The van der Waals surface area contributed by atoms with E-state index in [-0.39, 0.29) is 22.8 Å². The number of carbonyl (C=O) groups excluding carboxylic acids is 1. The van der Waals surface area contributed by atoms with E-state index in [9.17, 15) is 9.59 Å². The first-order valence-electron chi connectivity index (χ1n) is 8.76. The van der Waals surface area contributed by atoms with Crippen molar-refractivity contribution in [3.8, 4) is 0 Å². The molecule has 2 unspecified atom stereocenters. The standard InChI is InChI=1S/C19H23N3O3S/c1-3-10-22-18(24)15-8-4-5-9-16(15)21-19(22)26-13(2)17(23)20-12-14-7-6-11-25-14/h3-5,8-9,13-14H,1,6-7,10-12H2,2H3,(H,20,23). The van der Waals surface area contributed by atoms with Gasteiger partial charge in [-0.05, 0) is 31.9 Å². The van der Waals surface area contributed by atoms with Crippen LogP contribution in [-0.4, -0.2) is 40.0 Å². The minimum Gasteiger partial charge on any atom is -0.376 e. The molecule has 3 rings (SSSR count). The van der Waals surface area contributed by atoms with E-state index < -0.39 is 0 Å². The van der Waals surface area contributed by atoms with E-state index in [0.717, 1.165) is 19.4 Å². The molecule has 1 aromatic heterocycles. The van der Waals surface area contributed by atoms with E-state index in [4.69, 9.17) is 4.74 Å². The predicted octanol–water partition coefficient (Wildman–Crippen LogP) is 2.36. The van der Waals surface area contributed by atoms with Crippen LogP contribution in [0.1, 0.15) is 19.8 Å². The average Bonchev–Trinajstić information content (AvgIpc) is 3.16. The number of aromatic nitrogens is 2. The van der Waals surface area contributed by atoms with Crippen LogP contribution >= 0.6 is 11.8 Å². The summed E-state index contributed by atoms with van der Waals surface area (Å²) in [6.07, 6.45) is 3.78. The molecule has 1 fully saturated rings. The summed E-state index contributed by atoms with van der Waals surface area (Å²) in [6.45, 7) is 7.17. The summed E-state index contributed by atoms with van der Waals surface area (Å²) in [7, 11) is 0. The number of carbonyl (C=O) groups is 1. The number of nitrogens with one attached hydrogen (secondary N) is 1. The molecule has 2 atom stereocenters. The maximum absolute atomic E-state index is 12.7.